The van der Waals surface area contributed by atoms with Crippen molar-refractivity contribution in [3.05, 3.63) is 36.7 Å². The second-order valence-corrected chi connectivity index (χ2v) is 6.62. The zero-order valence-electron chi connectivity index (χ0n) is 10.4. The highest BCUT2D eigenvalue weighted by atomic mass is 32.2. The minimum Gasteiger partial charge on any atom is -0.481 e. The van der Waals surface area contributed by atoms with Crippen molar-refractivity contribution in [3.63, 3.8) is 0 Å². The lowest BCUT2D eigenvalue weighted by molar-refractivity contribution is -0.145. The highest BCUT2D eigenvalue weighted by molar-refractivity contribution is 7.89. The van der Waals surface area contributed by atoms with E-state index >= 15 is 0 Å². The molecule has 0 unspecified atom stereocenters. The summed E-state index contributed by atoms with van der Waals surface area (Å²) < 4.78 is 26.2. The number of rotatable bonds is 3. The summed E-state index contributed by atoms with van der Waals surface area (Å²) >= 11 is 0. The van der Waals surface area contributed by atoms with Crippen LogP contribution in [0.25, 0.3) is 10.8 Å². The molecule has 0 spiro atoms. The number of hydrogen-bond acceptors (Lipinski definition) is 4. The Morgan fingerprint density at radius 2 is 2.05 bits per heavy atom. The van der Waals surface area contributed by atoms with E-state index in [0.717, 1.165) is 5.39 Å². The minimum absolute atomic E-state index is 0.0269. The predicted octanol–water partition coefficient (Wildman–Crippen LogP) is 0.940. The Morgan fingerprint density at radius 1 is 1.30 bits per heavy atom. The maximum atomic E-state index is 12.5. The summed E-state index contributed by atoms with van der Waals surface area (Å²) in [6, 6.07) is 6.63. The van der Waals surface area contributed by atoms with Crippen molar-refractivity contribution in [2.75, 3.05) is 13.1 Å². The molecule has 0 bridgehead atoms. The fraction of sp³-hybridized carbons (Fsp3) is 0.231. The van der Waals surface area contributed by atoms with Crippen molar-refractivity contribution in [1.29, 1.82) is 0 Å². The summed E-state index contributed by atoms with van der Waals surface area (Å²) in [7, 11) is -3.65. The number of nitrogens with zero attached hydrogens (tertiary/aromatic N) is 2. The molecule has 1 aliphatic rings. The SMILES string of the molecule is O=C(O)C1CN(S(=O)(=O)c2cccc3cnccc23)C1. The molecular weight excluding hydrogens is 280 g/mol. The number of sulfonamides is 1. The first kappa shape index (κ1) is 13.0. The fourth-order valence-electron chi connectivity index (χ4n) is 2.25. The lowest BCUT2D eigenvalue weighted by Gasteiger charge is -2.35. The van der Waals surface area contributed by atoms with Crippen LogP contribution in [0.3, 0.4) is 0 Å². The maximum absolute atomic E-state index is 12.5. The van der Waals surface area contributed by atoms with Crippen LogP contribution in [0.15, 0.2) is 41.6 Å². The lowest BCUT2D eigenvalue weighted by Crippen LogP contribution is -2.52. The predicted molar refractivity (Wildman–Crippen MR) is 71.6 cm³/mol. The molecule has 6 nitrogen and oxygen atoms in total. The molecule has 1 saturated heterocycles. The van der Waals surface area contributed by atoms with Crippen LogP contribution >= 0.6 is 0 Å². The van der Waals surface area contributed by atoms with E-state index in [1.54, 1.807) is 24.4 Å². The van der Waals surface area contributed by atoms with Gasteiger partial charge in [-0.25, -0.2) is 8.42 Å². The fourth-order valence-corrected chi connectivity index (χ4v) is 3.99. The second-order valence-electron chi connectivity index (χ2n) is 4.71. The van der Waals surface area contributed by atoms with E-state index in [1.807, 2.05) is 0 Å². The summed E-state index contributed by atoms with van der Waals surface area (Å²) in [6.45, 7) is 0.0538. The van der Waals surface area contributed by atoms with E-state index in [0.29, 0.717) is 5.39 Å². The topological polar surface area (TPSA) is 87.6 Å². The zero-order valence-corrected chi connectivity index (χ0v) is 11.2. The molecule has 1 aromatic heterocycles. The molecule has 7 heteroatoms. The molecule has 20 heavy (non-hydrogen) atoms. The van der Waals surface area contributed by atoms with Gasteiger partial charge in [0.25, 0.3) is 0 Å². The van der Waals surface area contributed by atoms with Gasteiger partial charge in [-0.3, -0.25) is 9.78 Å². The molecule has 0 atom stereocenters. The minimum atomic E-state index is -3.65. The molecule has 1 fully saturated rings. The van der Waals surface area contributed by atoms with E-state index in [4.69, 9.17) is 5.11 Å². The summed E-state index contributed by atoms with van der Waals surface area (Å²) in [4.78, 5) is 14.9. The smallest absolute Gasteiger partial charge is 0.309 e. The van der Waals surface area contributed by atoms with Gasteiger partial charge in [0, 0.05) is 36.3 Å². The van der Waals surface area contributed by atoms with E-state index in [2.05, 4.69) is 4.98 Å². The first-order valence-electron chi connectivity index (χ1n) is 6.06. The molecule has 104 valence electrons. The van der Waals surface area contributed by atoms with Crippen molar-refractivity contribution in [1.82, 2.24) is 9.29 Å². The van der Waals surface area contributed by atoms with Crippen LogP contribution in [0, 0.1) is 5.92 Å². The van der Waals surface area contributed by atoms with E-state index in [1.165, 1.54) is 16.6 Å². The second kappa shape index (κ2) is 4.53. The zero-order chi connectivity index (χ0) is 14.3. The Bertz CT molecular complexity index is 777. The van der Waals surface area contributed by atoms with Gasteiger partial charge < -0.3 is 5.11 Å². The van der Waals surface area contributed by atoms with Crippen LogP contribution in [0.4, 0.5) is 0 Å². The van der Waals surface area contributed by atoms with Crippen LogP contribution < -0.4 is 0 Å². The number of fused-ring (bicyclic) bond motifs is 1. The number of carboxylic acid groups (broad SMARTS) is 1. The van der Waals surface area contributed by atoms with E-state index in [9.17, 15) is 13.2 Å². The van der Waals surface area contributed by atoms with Gasteiger partial charge in [0.2, 0.25) is 10.0 Å². The van der Waals surface area contributed by atoms with Crippen molar-refractivity contribution in [2.45, 2.75) is 4.90 Å². The summed E-state index contributed by atoms with van der Waals surface area (Å²) in [5, 5.41) is 10.2. The van der Waals surface area contributed by atoms with Crippen LogP contribution in [-0.4, -0.2) is 41.9 Å². The van der Waals surface area contributed by atoms with Crippen LogP contribution in [-0.2, 0) is 14.8 Å². The van der Waals surface area contributed by atoms with Gasteiger partial charge in [-0.2, -0.15) is 4.31 Å². The third-order valence-corrected chi connectivity index (χ3v) is 5.35. The highest BCUT2D eigenvalue weighted by Gasteiger charge is 2.40. The number of carbonyl (C=O) groups is 1. The molecule has 2 heterocycles. The van der Waals surface area contributed by atoms with Crippen molar-refractivity contribution in [2.24, 2.45) is 5.92 Å². The van der Waals surface area contributed by atoms with Gasteiger partial charge >= 0.3 is 5.97 Å². The molecule has 2 aromatic rings. The van der Waals surface area contributed by atoms with Crippen LogP contribution in [0.5, 0.6) is 0 Å². The molecule has 3 rings (SSSR count). The first-order valence-corrected chi connectivity index (χ1v) is 7.50. The summed E-state index contributed by atoms with van der Waals surface area (Å²) in [6.07, 6.45) is 3.14. The maximum Gasteiger partial charge on any atom is 0.309 e. The Hall–Kier alpha value is -1.99. The monoisotopic (exact) mass is 292 g/mol. The number of carboxylic acids is 1. The number of pyridine rings is 1. The van der Waals surface area contributed by atoms with Gasteiger partial charge in [0.05, 0.1) is 10.8 Å². The third kappa shape index (κ3) is 1.95. The Kier molecular flexibility index (Phi) is 2.95. The molecule has 1 aromatic carbocycles. The quantitative estimate of drug-likeness (QED) is 0.909. The van der Waals surface area contributed by atoms with Gasteiger partial charge in [-0.1, -0.05) is 12.1 Å². The lowest BCUT2D eigenvalue weighted by atomic mass is 10.0. The van der Waals surface area contributed by atoms with Gasteiger partial charge in [0.1, 0.15) is 0 Å². The largest absolute Gasteiger partial charge is 0.481 e. The normalized spacial score (nSPS) is 17.0. The Labute approximate surface area is 115 Å². The van der Waals surface area contributed by atoms with Gasteiger partial charge in [-0.15, -0.1) is 0 Å². The van der Waals surface area contributed by atoms with Gasteiger partial charge in [0.15, 0.2) is 0 Å². The van der Waals surface area contributed by atoms with Gasteiger partial charge in [-0.05, 0) is 12.1 Å². The van der Waals surface area contributed by atoms with Crippen LogP contribution in [0.2, 0.25) is 0 Å². The van der Waals surface area contributed by atoms with Crippen LogP contribution in [0.1, 0.15) is 0 Å². The molecule has 1 aliphatic heterocycles. The molecule has 0 amide bonds. The average Bonchev–Trinajstić information content (AvgIpc) is 2.35. The third-order valence-electron chi connectivity index (χ3n) is 3.46. The first-order chi connectivity index (χ1) is 9.50. The highest BCUT2D eigenvalue weighted by Crippen LogP contribution is 2.29. The molecule has 0 radical (unpaired) electrons. The summed E-state index contributed by atoms with van der Waals surface area (Å²) in [5.41, 5.74) is 0. The van der Waals surface area contributed by atoms with E-state index in [-0.39, 0.29) is 18.0 Å². The van der Waals surface area contributed by atoms with E-state index < -0.39 is 21.9 Å². The number of hydrogen-bond donors (Lipinski definition) is 1. The summed E-state index contributed by atoms with van der Waals surface area (Å²) in [5.74, 6) is -1.57. The van der Waals surface area contributed by atoms with Crippen molar-refractivity contribution < 1.29 is 18.3 Å². The molecular formula is C13H12N2O4S. The number of aliphatic carboxylic acids is 1. The standard InChI is InChI=1S/C13H12N2O4S/c16-13(17)10-7-15(8-10)20(18,19)12-3-1-2-9-6-14-5-4-11(9)12/h1-6,10H,7-8H2,(H,16,17). The Morgan fingerprint density at radius 3 is 2.75 bits per heavy atom. The molecule has 0 saturated carbocycles. The average molecular weight is 292 g/mol. The molecule has 1 N–H and O–H groups in total. The Balaban J connectivity index is 2.01. The van der Waals surface area contributed by atoms with Crippen molar-refractivity contribution in [3.8, 4) is 0 Å². The molecule has 0 aliphatic carbocycles. The number of aromatic nitrogens is 1. The van der Waals surface area contributed by atoms with Crippen molar-refractivity contribution >= 4 is 26.8 Å². The number of benzene rings is 1.